The zero-order valence-corrected chi connectivity index (χ0v) is 17.9. The van der Waals surface area contributed by atoms with Gasteiger partial charge >= 0.3 is 0 Å². The highest BCUT2D eigenvalue weighted by Crippen LogP contribution is 2.40. The first-order valence-corrected chi connectivity index (χ1v) is 11.2. The van der Waals surface area contributed by atoms with Crippen molar-refractivity contribution in [2.24, 2.45) is 15.5 Å². The van der Waals surface area contributed by atoms with Crippen LogP contribution in [0.1, 0.15) is 26.3 Å². The summed E-state index contributed by atoms with van der Waals surface area (Å²) in [4.78, 5) is 5.91. The monoisotopic (exact) mass is 434 g/mol. The lowest BCUT2D eigenvalue weighted by Crippen LogP contribution is -2.43. The number of nitrogens with two attached hydrogens (primary N) is 1. The quantitative estimate of drug-likeness (QED) is 0.766. The summed E-state index contributed by atoms with van der Waals surface area (Å²) in [5, 5.41) is 8.23. The van der Waals surface area contributed by atoms with Crippen LogP contribution in [0, 0.1) is 17.0 Å². The first-order valence-electron chi connectivity index (χ1n) is 9.62. The van der Waals surface area contributed by atoms with Crippen molar-refractivity contribution in [1.29, 1.82) is 0 Å². The number of nitrogens with one attached hydrogen (secondary N) is 1. The molecule has 2 heterocycles. The van der Waals surface area contributed by atoms with Gasteiger partial charge in [0.2, 0.25) is 10.0 Å². The molecule has 0 spiro atoms. The summed E-state index contributed by atoms with van der Waals surface area (Å²) < 4.78 is 52.2. The lowest BCUT2D eigenvalue weighted by Gasteiger charge is -2.37. The third kappa shape index (κ3) is 3.73. The molecule has 9 heteroatoms. The maximum atomic E-state index is 14.6. The third-order valence-corrected chi connectivity index (χ3v) is 6.42. The molecule has 1 atom stereocenters. The maximum Gasteiger partial charge on any atom is 0.238 e. The highest BCUT2D eigenvalue weighted by atomic mass is 32.2. The number of hydrogen-bond donors (Lipinski definition) is 2. The molecule has 6 nitrogen and oxygen atoms in total. The van der Waals surface area contributed by atoms with Crippen LogP contribution in [-0.4, -0.2) is 38.8 Å². The van der Waals surface area contributed by atoms with E-state index in [0.717, 1.165) is 29.0 Å². The molecule has 160 valence electrons. The minimum Gasteiger partial charge on any atom is -0.354 e. The van der Waals surface area contributed by atoms with Crippen molar-refractivity contribution in [2.45, 2.75) is 38.3 Å². The number of hydrogen-bond acceptors (Lipinski definition) is 5. The first-order chi connectivity index (χ1) is 13.9. The first kappa shape index (κ1) is 20.9. The standard InChI is InChI=1S/C21H24F2N4O2S/c1-21(2,3)13-4-15-19(5-13)26-9-12-8-25-11-27(20(12)15)10-16-17(22)6-14(7-18(16)23)30(24,28)29/h4-7,9,19,25H,8,10-11H2,1-3H3,(H2,24,28,29). The Balaban J connectivity index is 1.71. The highest BCUT2D eigenvalue weighted by molar-refractivity contribution is 7.89. The van der Waals surface area contributed by atoms with Crippen LogP contribution < -0.4 is 10.5 Å². The smallest absolute Gasteiger partial charge is 0.238 e. The summed E-state index contributed by atoms with van der Waals surface area (Å²) in [6.07, 6.45) is 6.05. The molecule has 0 fully saturated rings. The molecular weight excluding hydrogens is 410 g/mol. The largest absolute Gasteiger partial charge is 0.354 e. The van der Waals surface area contributed by atoms with Crippen molar-refractivity contribution in [2.75, 3.05) is 13.2 Å². The summed E-state index contributed by atoms with van der Waals surface area (Å²) in [6, 6.07) is 1.41. The minimum atomic E-state index is -4.20. The van der Waals surface area contributed by atoms with E-state index in [1.165, 1.54) is 5.57 Å². The molecule has 0 radical (unpaired) electrons. The summed E-state index contributed by atoms with van der Waals surface area (Å²) >= 11 is 0. The van der Waals surface area contributed by atoms with Gasteiger partial charge in [-0.1, -0.05) is 32.9 Å². The number of dihydropyridines is 1. The van der Waals surface area contributed by atoms with E-state index in [4.69, 9.17) is 5.14 Å². The van der Waals surface area contributed by atoms with Crippen molar-refractivity contribution in [1.82, 2.24) is 10.2 Å². The molecular formula is C21H24F2N4O2S. The van der Waals surface area contributed by atoms with Crippen LogP contribution in [0.2, 0.25) is 0 Å². The average molecular weight is 435 g/mol. The summed E-state index contributed by atoms with van der Waals surface area (Å²) in [7, 11) is -4.20. The van der Waals surface area contributed by atoms with E-state index in [-0.39, 0.29) is 23.6 Å². The molecule has 2 aliphatic heterocycles. The molecule has 0 amide bonds. The Morgan fingerprint density at radius 3 is 2.53 bits per heavy atom. The molecule has 3 aliphatic rings. The van der Waals surface area contributed by atoms with Gasteiger partial charge in [0.05, 0.1) is 24.2 Å². The van der Waals surface area contributed by atoms with Gasteiger partial charge < -0.3 is 4.90 Å². The Bertz CT molecular complexity index is 1120. The second-order valence-corrected chi connectivity index (χ2v) is 10.3. The Hall–Kier alpha value is -2.36. The van der Waals surface area contributed by atoms with Crippen molar-refractivity contribution in [3.8, 4) is 0 Å². The molecule has 0 aromatic heterocycles. The van der Waals surface area contributed by atoms with Crippen LogP contribution in [0.25, 0.3) is 0 Å². The normalized spacial score (nSPS) is 21.4. The van der Waals surface area contributed by atoms with Gasteiger partial charge in [-0.05, 0) is 23.1 Å². The number of benzene rings is 1. The van der Waals surface area contributed by atoms with E-state index in [9.17, 15) is 17.2 Å². The Kier molecular flexibility index (Phi) is 4.95. The van der Waals surface area contributed by atoms with E-state index in [1.54, 1.807) is 0 Å². The third-order valence-electron chi connectivity index (χ3n) is 5.53. The van der Waals surface area contributed by atoms with E-state index < -0.39 is 26.6 Å². The Morgan fingerprint density at radius 1 is 1.27 bits per heavy atom. The van der Waals surface area contributed by atoms with Crippen LogP contribution in [0.4, 0.5) is 8.78 Å². The molecule has 0 saturated carbocycles. The molecule has 0 saturated heterocycles. The molecule has 3 N–H and O–H groups in total. The lowest BCUT2D eigenvalue weighted by molar-refractivity contribution is 0.288. The van der Waals surface area contributed by atoms with Gasteiger partial charge in [0.15, 0.2) is 0 Å². The zero-order chi connectivity index (χ0) is 21.8. The molecule has 1 aromatic rings. The van der Waals surface area contributed by atoms with E-state index >= 15 is 0 Å². The zero-order valence-electron chi connectivity index (χ0n) is 17.0. The Morgan fingerprint density at radius 2 is 1.93 bits per heavy atom. The Labute approximate surface area is 174 Å². The number of aliphatic imine (C=N–C) groups is 1. The molecule has 30 heavy (non-hydrogen) atoms. The molecule has 1 aromatic carbocycles. The van der Waals surface area contributed by atoms with Crippen molar-refractivity contribution in [3.05, 3.63) is 63.9 Å². The van der Waals surface area contributed by atoms with Crippen LogP contribution in [0.15, 0.2) is 56.6 Å². The number of rotatable bonds is 3. The fraction of sp³-hybridized carbons (Fsp3) is 0.381. The van der Waals surface area contributed by atoms with E-state index in [2.05, 4.69) is 43.2 Å². The minimum absolute atomic E-state index is 0.0416. The lowest BCUT2D eigenvalue weighted by atomic mass is 9.87. The van der Waals surface area contributed by atoms with Crippen LogP contribution >= 0.6 is 0 Å². The SMILES string of the molecule is CC(C)(C)C1=CC2N=CC3=C(C2=C1)N(Cc1c(F)cc(S(N)(=O)=O)cc1F)CNC3. The van der Waals surface area contributed by atoms with Gasteiger partial charge in [-0.2, -0.15) is 0 Å². The number of sulfonamides is 1. The molecule has 4 rings (SSSR count). The van der Waals surface area contributed by atoms with Crippen LogP contribution in [-0.2, 0) is 16.6 Å². The van der Waals surface area contributed by atoms with Gasteiger partial charge in [-0.15, -0.1) is 0 Å². The summed E-state index contributed by atoms with van der Waals surface area (Å²) in [5.41, 5.74) is 3.80. The second kappa shape index (κ2) is 7.11. The topological polar surface area (TPSA) is 87.8 Å². The number of nitrogens with zero attached hydrogens (tertiary/aromatic N) is 2. The number of fused-ring (bicyclic) bond motifs is 2. The summed E-state index contributed by atoms with van der Waals surface area (Å²) in [6.45, 7) is 7.34. The number of halogens is 2. The van der Waals surface area contributed by atoms with E-state index in [0.29, 0.717) is 13.2 Å². The maximum absolute atomic E-state index is 14.6. The fourth-order valence-corrected chi connectivity index (χ4v) is 4.45. The molecule has 1 aliphatic carbocycles. The van der Waals surface area contributed by atoms with Crippen molar-refractivity contribution < 1.29 is 17.2 Å². The highest BCUT2D eigenvalue weighted by Gasteiger charge is 2.34. The van der Waals surface area contributed by atoms with E-state index in [1.807, 2.05) is 11.1 Å². The number of primary sulfonamides is 1. The van der Waals surface area contributed by atoms with Gasteiger partial charge in [-0.25, -0.2) is 22.3 Å². The predicted octanol–water partition coefficient (Wildman–Crippen LogP) is 2.59. The van der Waals surface area contributed by atoms with Crippen LogP contribution in [0.5, 0.6) is 0 Å². The van der Waals surface area contributed by atoms with Crippen LogP contribution in [0.3, 0.4) is 0 Å². The number of allylic oxidation sites excluding steroid dienone is 2. The van der Waals surface area contributed by atoms with Crippen molar-refractivity contribution >= 4 is 16.2 Å². The van der Waals surface area contributed by atoms with Crippen molar-refractivity contribution in [3.63, 3.8) is 0 Å². The molecule has 0 bridgehead atoms. The predicted molar refractivity (Wildman–Crippen MR) is 111 cm³/mol. The summed E-state index contributed by atoms with van der Waals surface area (Å²) in [5.74, 6) is -1.89. The van der Waals surface area contributed by atoms with Gasteiger partial charge in [0.1, 0.15) is 11.6 Å². The van der Waals surface area contributed by atoms with Gasteiger partial charge in [0, 0.05) is 35.2 Å². The average Bonchev–Trinajstić information content (AvgIpc) is 3.08. The van der Waals surface area contributed by atoms with Gasteiger partial charge in [-0.3, -0.25) is 10.3 Å². The molecule has 1 unspecified atom stereocenters. The second-order valence-electron chi connectivity index (χ2n) is 8.76. The fourth-order valence-electron chi connectivity index (χ4n) is 3.92. The van der Waals surface area contributed by atoms with Gasteiger partial charge in [0.25, 0.3) is 0 Å².